The van der Waals surface area contributed by atoms with Gasteiger partial charge in [-0.1, -0.05) is 265 Å². The Kier molecular flexibility index (Phi) is 58.1. The average Bonchev–Trinajstić information content (AvgIpc) is 3.54. The van der Waals surface area contributed by atoms with Crippen molar-refractivity contribution >= 4 is 39.5 Å². The molecule has 0 aliphatic carbocycles. The number of aliphatic hydroxyl groups is 1. The second-order valence-electron chi connectivity index (χ2n) is 24.8. The zero-order valence-corrected chi connectivity index (χ0v) is 57.6. The highest BCUT2D eigenvalue weighted by Crippen LogP contribution is 2.45. The highest BCUT2D eigenvalue weighted by molar-refractivity contribution is 7.47. The van der Waals surface area contributed by atoms with E-state index in [1.165, 1.54) is 109 Å². The largest absolute Gasteiger partial charge is 0.472 e. The average molecular weight is 1280 g/mol. The van der Waals surface area contributed by atoms with E-state index in [2.05, 4.69) is 65.8 Å². The molecule has 0 aliphatic heterocycles. The molecule has 0 spiro atoms. The van der Waals surface area contributed by atoms with Crippen LogP contribution >= 0.6 is 15.6 Å². The number of unbranched alkanes of at least 4 members (excludes halogenated alkanes) is 32. The number of carbonyl (C=O) groups is 4. The molecule has 0 heterocycles. The lowest BCUT2D eigenvalue weighted by Crippen LogP contribution is -2.30. The van der Waals surface area contributed by atoms with Crippen molar-refractivity contribution in [3.63, 3.8) is 0 Å². The van der Waals surface area contributed by atoms with Gasteiger partial charge in [-0.05, 0) is 63.2 Å². The number of aliphatic hydroxyl groups excluding tert-OH is 1. The van der Waals surface area contributed by atoms with E-state index < -0.39 is 97.5 Å². The Balaban J connectivity index is 5.26. The minimum atomic E-state index is -4.96. The van der Waals surface area contributed by atoms with E-state index in [-0.39, 0.29) is 25.7 Å². The monoisotopic (exact) mass is 1280 g/mol. The SMILES string of the molecule is CCCCCC/C=C\C=C/CCCCCCCC(=O)O[C@H](COC(=O)CCCCCCCCCCCCC(C)C)COP(=O)(O)OC[C@@H](O)COP(=O)(O)OC[C@@H](COC(=O)CCCCCCCCC)OC(=O)CCCCCCCCCCCC(C)C. The maximum atomic E-state index is 13.0. The number of esters is 4. The Hall–Kier alpha value is -2.46. The van der Waals surface area contributed by atoms with Crippen molar-refractivity contribution in [1.82, 2.24) is 0 Å². The Morgan fingerprint density at radius 3 is 0.943 bits per heavy atom. The second-order valence-corrected chi connectivity index (χ2v) is 27.7. The standard InChI is InChI=1S/C68H128O17P2/c1-7-9-11-13-15-16-17-18-19-20-21-28-34-40-46-52-67(72)85-64(57-79-66(71)51-45-39-33-27-23-22-25-31-36-42-48-60(3)4)59-83-87(76,77)81-55-62(69)54-80-86(74,75)82-58-63(56-78-65(70)50-44-38-30-14-12-10-8-2)84-68(73)53-47-41-35-29-24-26-32-37-43-49-61(5)6/h16-19,60-64,69H,7-15,20-59H2,1-6H3,(H,74,75)(H,76,77)/b17-16-,19-18-/t62-,63+,64+/m0/s1. The molecule has 2 unspecified atom stereocenters. The molecule has 19 heteroatoms. The minimum Gasteiger partial charge on any atom is -0.462 e. The molecule has 0 aromatic carbocycles. The van der Waals surface area contributed by atoms with E-state index in [4.69, 9.17) is 37.0 Å². The van der Waals surface area contributed by atoms with Gasteiger partial charge in [0.1, 0.15) is 19.3 Å². The molecule has 5 atom stereocenters. The van der Waals surface area contributed by atoms with E-state index in [1.807, 2.05) is 0 Å². The van der Waals surface area contributed by atoms with Gasteiger partial charge in [-0.25, -0.2) is 9.13 Å². The van der Waals surface area contributed by atoms with E-state index in [9.17, 15) is 43.2 Å². The predicted octanol–water partition coefficient (Wildman–Crippen LogP) is 18.8. The zero-order chi connectivity index (χ0) is 64.3. The van der Waals surface area contributed by atoms with Gasteiger partial charge in [-0.3, -0.25) is 37.3 Å². The van der Waals surface area contributed by atoms with Gasteiger partial charge in [0.25, 0.3) is 0 Å². The Morgan fingerprint density at radius 2 is 0.621 bits per heavy atom. The molecule has 3 N–H and O–H groups in total. The zero-order valence-electron chi connectivity index (χ0n) is 55.8. The van der Waals surface area contributed by atoms with Crippen LogP contribution in [0.1, 0.15) is 318 Å². The normalized spacial score (nSPS) is 14.4. The number of allylic oxidation sites excluding steroid dienone is 4. The van der Waals surface area contributed by atoms with Gasteiger partial charge in [0.05, 0.1) is 26.4 Å². The lowest BCUT2D eigenvalue weighted by atomic mass is 10.0. The van der Waals surface area contributed by atoms with Gasteiger partial charge in [-0.15, -0.1) is 0 Å². The fraction of sp³-hybridized carbons (Fsp3) is 0.882. The number of carbonyl (C=O) groups excluding carboxylic acids is 4. The molecule has 0 aromatic rings. The van der Waals surface area contributed by atoms with Crippen molar-refractivity contribution < 1.29 is 80.2 Å². The molecule has 0 radical (unpaired) electrons. The van der Waals surface area contributed by atoms with Crippen LogP contribution in [0.15, 0.2) is 24.3 Å². The minimum absolute atomic E-state index is 0.0845. The van der Waals surface area contributed by atoms with Crippen LogP contribution in [0.4, 0.5) is 0 Å². The van der Waals surface area contributed by atoms with Crippen LogP contribution in [0.3, 0.4) is 0 Å². The number of phosphoric acid groups is 2. The fourth-order valence-electron chi connectivity index (χ4n) is 9.70. The van der Waals surface area contributed by atoms with Gasteiger partial charge in [0.2, 0.25) is 0 Å². The van der Waals surface area contributed by atoms with E-state index in [1.54, 1.807) is 0 Å². The molecule has 0 amide bonds. The van der Waals surface area contributed by atoms with Crippen LogP contribution in [0, 0.1) is 11.8 Å². The van der Waals surface area contributed by atoms with Gasteiger partial charge in [-0.2, -0.15) is 0 Å². The topological polar surface area (TPSA) is 237 Å². The molecule has 0 aromatic heterocycles. The molecule has 17 nitrogen and oxygen atoms in total. The van der Waals surface area contributed by atoms with Crippen LogP contribution < -0.4 is 0 Å². The predicted molar refractivity (Wildman–Crippen MR) is 349 cm³/mol. The second kappa shape index (κ2) is 59.8. The quantitative estimate of drug-likeness (QED) is 0.0169. The first-order valence-electron chi connectivity index (χ1n) is 34.8. The van der Waals surface area contributed by atoms with Crippen molar-refractivity contribution in [2.24, 2.45) is 11.8 Å². The smallest absolute Gasteiger partial charge is 0.462 e. The van der Waals surface area contributed by atoms with Crippen molar-refractivity contribution in [3.8, 4) is 0 Å². The number of ether oxygens (including phenoxy) is 4. The van der Waals surface area contributed by atoms with Crippen molar-refractivity contribution in [2.75, 3.05) is 39.6 Å². The summed E-state index contributed by atoms with van der Waals surface area (Å²) in [5.74, 6) is -0.672. The van der Waals surface area contributed by atoms with Gasteiger partial charge >= 0.3 is 39.5 Å². The van der Waals surface area contributed by atoms with Crippen molar-refractivity contribution in [3.05, 3.63) is 24.3 Å². The highest BCUT2D eigenvalue weighted by atomic mass is 31.2. The maximum Gasteiger partial charge on any atom is 0.472 e. The van der Waals surface area contributed by atoms with Gasteiger partial charge in [0, 0.05) is 25.7 Å². The summed E-state index contributed by atoms with van der Waals surface area (Å²) in [5.41, 5.74) is 0. The molecule has 0 aliphatic rings. The Bertz CT molecular complexity index is 1790. The summed E-state index contributed by atoms with van der Waals surface area (Å²) in [6.07, 6.45) is 46.7. The summed E-state index contributed by atoms with van der Waals surface area (Å²) in [6, 6.07) is 0. The Labute approximate surface area is 529 Å². The molecule has 87 heavy (non-hydrogen) atoms. The third-order valence-corrected chi connectivity index (χ3v) is 17.0. The number of hydrogen-bond acceptors (Lipinski definition) is 15. The van der Waals surface area contributed by atoms with Crippen LogP contribution in [-0.4, -0.2) is 96.7 Å². The lowest BCUT2D eigenvalue weighted by molar-refractivity contribution is -0.161. The number of rotatable bonds is 65. The van der Waals surface area contributed by atoms with E-state index in [0.717, 1.165) is 127 Å². The molecule has 0 bridgehead atoms. The molecule has 512 valence electrons. The van der Waals surface area contributed by atoms with Crippen molar-refractivity contribution in [2.45, 2.75) is 336 Å². The number of hydrogen-bond donors (Lipinski definition) is 3. The highest BCUT2D eigenvalue weighted by Gasteiger charge is 2.30. The first-order chi connectivity index (χ1) is 41.9. The molecule has 0 fully saturated rings. The van der Waals surface area contributed by atoms with Crippen LogP contribution in [0.2, 0.25) is 0 Å². The summed E-state index contributed by atoms with van der Waals surface area (Å²) >= 11 is 0. The maximum absolute atomic E-state index is 13.0. The first-order valence-corrected chi connectivity index (χ1v) is 37.8. The third kappa shape index (κ3) is 62.1. The van der Waals surface area contributed by atoms with Crippen LogP contribution in [0.5, 0.6) is 0 Å². The van der Waals surface area contributed by atoms with Gasteiger partial charge in [0.15, 0.2) is 12.2 Å². The summed E-state index contributed by atoms with van der Waals surface area (Å²) < 4.78 is 68.0. The van der Waals surface area contributed by atoms with E-state index >= 15 is 0 Å². The third-order valence-electron chi connectivity index (χ3n) is 15.1. The molecule has 0 saturated carbocycles. The summed E-state index contributed by atoms with van der Waals surface area (Å²) in [4.78, 5) is 72.3. The van der Waals surface area contributed by atoms with Crippen LogP contribution in [-0.2, 0) is 65.4 Å². The van der Waals surface area contributed by atoms with E-state index in [0.29, 0.717) is 25.7 Å². The van der Waals surface area contributed by atoms with Crippen LogP contribution in [0.25, 0.3) is 0 Å². The van der Waals surface area contributed by atoms with Crippen molar-refractivity contribution in [1.29, 1.82) is 0 Å². The first kappa shape index (κ1) is 84.5. The molecule has 0 rings (SSSR count). The lowest BCUT2D eigenvalue weighted by Gasteiger charge is -2.21. The molecular formula is C68H128O17P2. The number of phosphoric ester groups is 2. The summed E-state index contributed by atoms with van der Waals surface area (Å²) in [7, 11) is -9.90. The summed E-state index contributed by atoms with van der Waals surface area (Å²) in [6.45, 7) is 9.39. The molecule has 0 saturated heterocycles. The Morgan fingerprint density at radius 1 is 0.356 bits per heavy atom. The molecular weight excluding hydrogens is 1150 g/mol. The summed E-state index contributed by atoms with van der Waals surface area (Å²) in [5, 5.41) is 10.6. The fourth-order valence-corrected chi connectivity index (χ4v) is 11.3. The van der Waals surface area contributed by atoms with Gasteiger partial charge < -0.3 is 33.8 Å².